The Morgan fingerprint density at radius 3 is 2.61 bits per heavy atom. The Morgan fingerprint density at radius 2 is 1.87 bits per heavy atom. The summed E-state index contributed by atoms with van der Waals surface area (Å²) in [6, 6.07) is 16.2. The third-order valence-electron chi connectivity index (χ3n) is 4.38. The van der Waals surface area contributed by atoms with Crippen LogP contribution in [0.3, 0.4) is 0 Å². The van der Waals surface area contributed by atoms with Crippen molar-refractivity contribution in [1.29, 1.82) is 0 Å². The van der Waals surface area contributed by atoms with Gasteiger partial charge in [-0.15, -0.1) is 5.10 Å². The van der Waals surface area contributed by atoms with Gasteiger partial charge in [-0.3, -0.25) is 4.79 Å². The van der Waals surface area contributed by atoms with Crippen LogP contribution in [0.1, 0.15) is 23.0 Å². The number of amides is 1. The van der Waals surface area contributed by atoms with Crippen LogP contribution < -0.4 is 5.32 Å². The van der Waals surface area contributed by atoms with Gasteiger partial charge < -0.3 is 10.1 Å². The minimum absolute atomic E-state index is 0.153. The summed E-state index contributed by atoms with van der Waals surface area (Å²) in [5.41, 5.74) is 3.22. The predicted molar refractivity (Wildman–Crippen MR) is 111 cm³/mol. The van der Waals surface area contributed by atoms with Gasteiger partial charge in [-0.2, -0.15) is 5.10 Å². The topological polar surface area (TPSA) is 117 Å². The molecular formula is C21H19N7O3. The lowest BCUT2D eigenvalue weighted by Gasteiger charge is -2.08. The standard InChI is InChI=1S/C21H19N7O3/c1-2-31-21(30)19-10-11-27(24-19)18-5-3-4-16(13-18)23-20(29)12-15-6-8-17(9-7-15)28-14-22-25-26-28/h3-11,13-14H,2,12H2,1H3,(H,23,29). The normalized spacial score (nSPS) is 10.6. The Morgan fingerprint density at radius 1 is 1.03 bits per heavy atom. The van der Waals surface area contributed by atoms with Crippen LogP contribution in [0.25, 0.3) is 11.4 Å². The van der Waals surface area contributed by atoms with Gasteiger partial charge in [0.05, 0.1) is 24.4 Å². The summed E-state index contributed by atoms with van der Waals surface area (Å²) in [6.45, 7) is 2.03. The first-order valence-electron chi connectivity index (χ1n) is 9.58. The highest BCUT2D eigenvalue weighted by Crippen LogP contribution is 2.16. The molecule has 0 saturated heterocycles. The van der Waals surface area contributed by atoms with Crippen molar-refractivity contribution in [2.24, 2.45) is 0 Å². The van der Waals surface area contributed by atoms with Crippen molar-refractivity contribution < 1.29 is 14.3 Å². The van der Waals surface area contributed by atoms with Crippen molar-refractivity contribution in [2.45, 2.75) is 13.3 Å². The highest BCUT2D eigenvalue weighted by molar-refractivity contribution is 5.92. The van der Waals surface area contributed by atoms with Crippen molar-refractivity contribution in [3.8, 4) is 11.4 Å². The second kappa shape index (κ2) is 8.99. The van der Waals surface area contributed by atoms with Gasteiger partial charge in [0.15, 0.2) is 5.69 Å². The van der Waals surface area contributed by atoms with Crippen molar-refractivity contribution in [3.05, 3.63) is 78.4 Å². The number of hydrogen-bond donors (Lipinski definition) is 1. The zero-order valence-corrected chi connectivity index (χ0v) is 16.7. The molecule has 0 atom stereocenters. The Hall–Kier alpha value is -4.34. The molecule has 2 heterocycles. The molecule has 0 bridgehead atoms. The lowest BCUT2D eigenvalue weighted by molar-refractivity contribution is -0.115. The number of carbonyl (C=O) groups excluding carboxylic acids is 2. The second-order valence-corrected chi connectivity index (χ2v) is 6.56. The van der Waals surface area contributed by atoms with E-state index in [1.165, 1.54) is 11.0 Å². The Bertz CT molecular complexity index is 1180. The van der Waals surface area contributed by atoms with E-state index in [2.05, 4.69) is 25.9 Å². The highest BCUT2D eigenvalue weighted by atomic mass is 16.5. The third-order valence-corrected chi connectivity index (χ3v) is 4.38. The fourth-order valence-electron chi connectivity index (χ4n) is 2.94. The number of ether oxygens (including phenoxy) is 1. The summed E-state index contributed by atoms with van der Waals surface area (Å²) in [7, 11) is 0. The van der Waals surface area contributed by atoms with Crippen molar-refractivity contribution in [1.82, 2.24) is 30.0 Å². The van der Waals surface area contributed by atoms with Gasteiger partial charge in [0, 0.05) is 11.9 Å². The average Bonchev–Trinajstić information content (AvgIpc) is 3.47. The van der Waals surface area contributed by atoms with Crippen LogP contribution in [0.2, 0.25) is 0 Å². The molecule has 0 unspecified atom stereocenters. The number of esters is 1. The van der Waals surface area contributed by atoms with Crippen LogP contribution in [0.4, 0.5) is 5.69 Å². The maximum absolute atomic E-state index is 12.5. The lowest BCUT2D eigenvalue weighted by Crippen LogP contribution is -2.14. The Balaban J connectivity index is 1.40. The molecule has 10 heteroatoms. The van der Waals surface area contributed by atoms with E-state index >= 15 is 0 Å². The third kappa shape index (κ3) is 4.81. The van der Waals surface area contributed by atoms with Gasteiger partial charge in [-0.1, -0.05) is 18.2 Å². The van der Waals surface area contributed by atoms with E-state index in [-0.39, 0.29) is 24.6 Å². The predicted octanol–water partition coefficient (Wildman–Crippen LogP) is 2.21. The number of tetrazole rings is 1. The molecule has 0 spiro atoms. The van der Waals surface area contributed by atoms with Gasteiger partial charge in [0.2, 0.25) is 5.91 Å². The van der Waals surface area contributed by atoms with E-state index in [4.69, 9.17) is 4.74 Å². The van der Waals surface area contributed by atoms with E-state index in [0.29, 0.717) is 11.4 Å². The van der Waals surface area contributed by atoms with Gasteiger partial charge in [-0.25, -0.2) is 14.2 Å². The molecule has 0 radical (unpaired) electrons. The number of aromatic nitrogens is 6. The fraction of sp³-hybridized carbons (Fsp3) is 0.143. The first-order chi connectivity index (χ1) is 15.1. The van der Waals surface area contributed by atoms with E-state index < -0.39 is 5.97 Å². The quantitative estimate of drug-likeness (QED) is 0.458. The van der Waals surface area contributed by atoms with E-state index in [1.807, 2.05) is 30.3 Å². The number of anilines is 1. The molecule has 4 rings (SSSR count). The van der Waals surface area contributed by atoms with E-state index in [1.54, 1.807) is 42.1 Å². The van der Waals surface area contributed by atoms with Crippen molar-refractivity contribution >= 4 is 17.6 Å². The molecule has 2 aromatic carbocycles. The molecule has 0 aliphatic carbocycles. The van der Waals surface area contributed by atoms with Crippen molar-refractivity contribution in [3.63, 3.8) is 0 Å². The van der Waals surface area contributed by atoms with Crippen LogP contribution >= 0.6 is 0 Å². The minimum atomic E-state index is -0.475. The maximum atomic E-state index is 12.5. The minimum Gasteiger partial charge on any atom is -0.461 e. The van der Waals surface area contributed by atoms with Crippen LogP contribution in [-0.2, 0) is 16.0 Å². The molecule has 0 aliphatic rings. The van der Waals surface area contributed by atoms with E-state index in [0.717, 1.165) is 11.3 Å². The van der Waals surface area contributed by atoms with Crippen LogP contribution in [0, 0.1) is 0 Å². The van der Waals surface area contributed by atoms with Crippen LogP contribution in [0.5, 0.6) is 0 Å². The molecular weight excluding hydrogens is 398 g/mol. The number of nitrogens with one attached hydrogen (secondary N) is 1. The van der Waals surface area contributed by atoms with Gasteiger partial charge >= 0.3 is 5.97 Å². The molecule has 0 fully saturated rings. The summed E-state index contributed by atoms with van der Waals surface area (Å²) >= 11 is 0. The maximum Gasteiger partial charge on any atom is 0.358 e. The first kappa shape index (κ1) is 20.0. The number of carbonyl (C=O) groups is 2. The molecule has 0 saturated carbocycles. The molecule has 2 aromatic heterocycles. The number of benzene rings is 2. The first-order valence-corrected chi connectivity index (χ1v) is 9.58. The summed E-state index contributed by atoms with van der Waals surface area (Å²) in [5.74, 6) is -0.628. The second-order valence-electron chi connectivity index (χ2n) is 6.56. The smallest absolute Gasteiger partial charge is 0.358 e. The number of rotatable bonds is 7. The van der Waals surface area contributed by atoms with Crippen molar-refractivity contribution in [2.75, 3.05) is 11.9 Å². The van der Waals surface area contributed by atoms with Gasteiger partial charge in [0.25, 0.3) is 0 Å². The van der Waals surface area contributed by atoms with Crippen LogP contribution in [-0.4, -0.2) is 48.5 Å². The average molecular weight is 417 g/mol. The lowest BCUT2D eigenvalue weighted by atomic mass is 10.1. The Kier molecular flexibility index (Phi) is 5.79. The van der Waals surface area contributed by atoms with Gasteiger partial charge in [0.1, 0.15) is 6.33 Å². The van der Waals surface area contributed by atoms with Gasteiger partial charge in [-0.05, 0) is 59.3 Å². The summed E-state index contributed by atoms with van der Waals surface area (Å²) in [4.78, 5) is 24.3. The van der Waals surface area contributed by atoms with Crippen LogP contribution in [0.15, 0.2) is 67.1 Å². The SMILES string of the molecule is CCOC(=O)c1ccn(-c2cccc(NC(=O)Cc3ccc(-n4cnnn4)cc3)c2)n1. The molecule has 10 nitrogen and oxygen atoms in total. The summed E-state index contributed by atoms with van der Waals surface area (Å²) in [6.07, 6.45) is 3.39. The number of hydrogen-bond acceptors (Lipinski definition) is 7. The molecule has 4 aromatic rings. The Labute approximate surface area is 177 Å². The zero-order chi connectivity index (χ0) is 21.6. The summed E-state index contributed by atoms with van der Waals surface area (Å²) in [5, 5.41) is 18.1. The largest absolute Gasteiger partial charge is 0.461 e. The zero-order valence-electron chi connectivity index (χ0n) is 16.7. The number of nitrogens with zero attached hydrogens (tertiary/aromatic N) is 6. The fourth-order valence-corrected chi connectivity index (χ4v) is 2.94. The highest BCUT2D eigenvalue weighted by Gasteiger charge is 2.11. The summed E-state index contributed by atoms with van der Waals surface area (Å²) < 4.78 is 8.05. The molecule has 31 heavy (non-hydrogen) atoms. The molecule has 1 amide bonds. The monoisotopic (exact) mass is 417 g/mol. The molecule has 156 valence electrons. The molecule has 0 aliphatic heterocycles. The molecule has 1 N–H and O–H groups in total. The van der Waals surface area contributed by atoms with E-state index in [9.17, 15) is 9.59 Å².